The first-order chi connectivity index (χ1) is 25.3. The number of aromatic hydroxyl groups is 2. The van der Waals surface area contributed by atoms with E-state index in [0.717, 1.165) is 0 Å². The lowest BCUT2D eigenvalue weighted by Gasteiger charge is -2.42. The lowest BCUT2D eigenvalue weighted by molar-refractivity contribution is -0.249. The minimum absolute atomic E-state index is 0.0350. The molecule has 2 aliphatic carbocycles. The monoisotopic (exact) mass is 772 g/mol. The van der Waals surface area contributed by atoms with Crippen LogP contribution in [0.4, 0.5) is 4.79 Å². The number of Topliss-reactive ketones (excluding diaryl/α,β-unsaturated/α-hetero) is 1. The predicted molar refractivity (Wildman–Crippen MR) is 195 cm³/mol. The molecule has 1 amide bonds. The van der Waals surface area contributed by atoms with Crippen molar-refractivity contribution in [3.05, 3.63) is 74.8 Å². The Morgan fingerprint density at radius 2 is 1.91 bits per heavy atom. The van der Waals surface area contributed by atoms with E-state index in [1.54, 1.807) is 6.08 Å². The van der Waals surface area contributed by atoms with Gasteiger partial charge in [-0.3, -0.25) is 19.4 Å². The second kappa shape index (κ2) is 16.8. The van der Waals surface area contributed by atoms with Crippen molar-refractivity contribution < 1.29 is 63.7 Å². The summed E-state index contributed by atoms with van der Waals surface area (Å²) in [7, 11) is 4.06. The largest absolute Gasteiger partial charge is 0.507 e. The first-order valence-electron chi connectivity index (χ1n) is 16.5. The zero-order valence-corrected chi connectivity index (χ0v) is 30.7. The lowest BCUT2D eigenvalue weighted by Crippen LogP contribution is -2.56. The molecule has 0 unspecified atom stereocenters. The van der Waals surface area contributed by atoms with Gasteiger partial charge >= 0.3 is 6.09 Å². The number of fused-ring (bicyclic) bond motifs is 3. The third-order valence-corrected chi connectivity index (χ3v) is 11.4. The van der Waals surface area contributed by atoms with E-state index in [0.29, 0.717) is 10.8 Å². The second-order valence-electron chi connectivity index (χ2n) is 12.5. The third-order valence-electron chi connectivity index (χ3n) is 9.20. The third kappa shape index (κ3) is 8.01. The van der Waals surface area contributed by atoms with Crippen LogP contribution in [0.3, 0.4) is 0 Å². The van der Waals surface area contributed by atoms with Gasteiger partial charge in [-0.05, 0) is 43.5 Å². The van der Waals surface area contributed by atoms with Crippen LogP contribution >= 0.6 is 21.6 Å². The number of hydrogen-bond acceptors (Lipinski definition) is 16. The number of phenolic OH excluding ortho intramolecular Hbond substituents is 2. The fourth-order valence-electron chi connectivity index (χ4n) is 6.61. The minimum Gasteiger partial charge on any atom is -0.507 e. The van der Waals surface area contributed by atoms with Crippen LogP contribution in [0.1, 0.15) is 75.8 Å². The number of allylic oxidation sites excluding steroid dienone is 3. The summed E-state index contributed by atoms with van der Waals surface area (Å²) in [5.41, 5.74) is -4.03. The number of phenols is 2. The maximum absolute atomic E-state index is 13.9. The van der Waals surface area contributed by atoms with Gasteiger partial charge in [0.1, 0.15) is 47.2 Å². The van der Waals surface area contributed by atoms with Crippen molar-refractivity contribution >= 4 is 51.7 Å². The van der Waals surface area contributed by atoms with Crippen LogP contribution < -0.4 is 10.1 Å². The van der Waals surface area contributed by atoms with Gasteiger partial charge in [0, 0.05) is 41.7 Å². The molecule has 2 aromatic carbocycles. The predicted octanol–water partition coefficient (Wildman–Crippen LogP) is 3.27. The van der Waals surface area contributed by atoms with Gasteiger partial charge in [-0.25, -0.2) is 4.79 Å². The number of nitrogens with one attached hydrogen (secondary N) is 1. The molecule has 3 aliphatic rings. The van der Waals surface area contributed by atoms with Crippen LogP contribution in [0, 0.1) is 0 Å². The van der Waals surface area contributed by atoms with Crippen molar-refractivity contribution in [2.75, 3.05) is 26.1 Å². The molecule has 1 heterocycles. The van der Waals surface area contributed by atoms with E-state index in [9.17, 15) is 44.7 Å². The molecule has 17 heteroatoms. The number of ketones is 3. The van der Waals surface area contributed by atoms with Gasteiger partial charge in [-0.2, -0.15) is 0 Å². The Balaban J connectivity index is 1.39. The SMILES string of the molecule is C=N/C(=C\C=C/C)SSCCOC(=O)N[C@H]1C[C@H](O[C@H]2C[C@](O)(C(=O)CO)Cc3c(O)c4c(c(O)c32)C(=O)c2c(OC)cccc2C4=O)O[C@@H](C)[C@H]1O. The number of aliphatic hydroxyl groups excluding tert-OH is 2. The van der Waals surface area contributed by atoms with Crippen LogP contribution in [-0.2, 0) is 25.4 Å². The summed E-state index contributed by atoms with van der Waals surface area (Å²) < 4.78 is 22.7. The Morgan fingerprint density at radius 1 is 1.17 bits per heavy atom. The molecule has 15 nitrogen and oxygen atoms in total. The summed E-state index contributed by atoms with van der Waals surface area (Å²) in [6, 6.07) is 3.35. The number of aliphatic hydroxyl groups is 3. The number of ether oxygens (including phenoxy) is 4. The standard InChI is InChI=1S/C36H40N2O13S2/c1-5-6-10-24(37-3)53-52-12-11-49-35(46)38-20-13-25(50-17(2)30(20)41)51-22-15-36(47,23(40)16-39)14-19-27(22)34(45)29-28(32(19)43)31(42)18-8-7-9-21(48-4)26(18)33(29)44/h5-10,17,20,22,25,30,39,41,43,45,47H,3,11-16H2,1-2,4H3,(H,38,46)/b6-5-,24-10+/t17-,20-,22-,25-,30+,36-/m0/s1. The Morgan fingerprint density at radius 3 is 2.58 bits per heavy atom. The lowest BCUT2D eigenvalue weighted by atomic mass is 9.72. The first-order valence-corrected chi connectivity index (χ1v) is 18.9. The van der Waals surface area contributed by atoms with E-state index < -0.39 is 102 Å². The molecular formula is C36H40N2O13S2. The molecular weight excluding hydrogens is 733 g/mol. The summed E-state index contributed by atoms with van der Waals surface area (Å²) in [5.74, 6) is -3.64. The zero-order valence-electron chi connectivity index (χ0n) is 29.1. The van der Waals surface area contributed by atoms with E-state index >= 15 is 0 Å². The summed E-state index contributed by atoms with van der Waals surface area (Å²) in [5, 5.41) is 58.6. The highest BCUT2D eigenvalue weighted by Gasteiger charge is 2.50. The zero-order chi connectivity index (χ0) is 38.6. The smallest absolute Gasteiger partial charge is 0.407 e. The summed E-state index contributed by atoms with van der Waals surface area (Å²) in [6.07, 6.45) is -1.58. The van der Waals surface area contributed by atoms with Crippen molar-refractivity contribution in [2.45, 2.75) is 69.4 Å². The van der Waals surface area contributed by atoms with Crippen LogP contribution in [0.5, 0.6) is 17.2 Å². The van der Waals surface area contributed by atoms with Gasteiger partial charge in [-0.1, -0.05) is 35.1 Å². The van der Waals surface area contributed by atoms with Crippen LogP contribution in [0.25, 0.3) is 0 Å². The molecule has 0 saturated carbocycles. The number of carbonyl (C=O) groups is 4. The average Bonchev–Trinajstić information content (AvgIpc) is 3.14. The maximum atomic E-state index is 13.9. The molecule has 1 saturated heterocycles. The number of benzene rings is 2. The molecule has 0 radical (unpaired) electrons. The molecule has 0 spiro atoms. The first kappa shape index (κ1) is 40.0. The van der Waals surface area contributed by atoms with Gasteiger partial charge in [0.25, 0.3) is 0 Å². The number of aliphatic imine (C=N–C) groups is 1. The van der Waals surface area contributed by atoms with E-state index in [1.807, 2.05) is 19.1 Å². The summed E-state index contributed by atoms with van der Waals surface area (Å²) in [4.78, 5) is 57.1. The number of methoxy groups -OCH3 is 1. The summed E-state index contributed by atoms with van der Waals surface area (Å²) in [6.45, 7) is 5.87. The van der Waals surface area contributed by atoms with Crippen molar-refractivity contribution in [2.24, 2.45) is 4.99 Å². The highest BCUT2D eigenvalue weighted by Crippen LogP contribution is 2.52. The molecule has 1 aliphatic heterocycles. The van der Waals surface area contributed by atoms with E-state index in [-0.39, 0.29) is 41.0 Å². The Hall–Kier alpha value is -4.23. The highest BCUT2D eigenvalue weighted by atomic mass is 33.1. The van der Waals surface area contributed by atoms with E-state index in [2.05, 4.69) is 17.0 Å². The fraction of sp³-hybridized carbons (Fsp3) is 0.417. The van der Waals surface area contributed by atoms with Crippen LogP contribution in [0.2, 0.25) is 0 Å². The van der Waals surface area contributed by atoms with Crippen molar-refractivity contribution in [3.8, 4) is 17.2 Å². The second-order valence-corrected chi connectivity index (χ2v) is 14.9. The van der Waals surface area contributed by atoms with Gasteiger partial charge in [-0.15, -0.1) is 0 Å². The average molecular weight is 773 g/mol. The molecule has 2 aromatic rings. The van der Waals surface area contributed by atoms with Crippen LogP contribution in [-0.4, -0.2) is 112 Å². The topological polar surface area (TPSA) is 231 Å². The number of amides is 1. The van der Waals surface area contributed by atoms with Crippen molar-refractivity contribution in [1.82, 2.24) is 5.32 Å². The van der Waals surface area contributed by atoms with Crippen molar-refractivity contribution in [1.29, 1.82) is 0 Å². The van der Waals surface area contributed by atoms with Crippen LogP contribution in [0.15, 0.2) is 46.4 Å². The Kier molecular flexibility index (Phi) is 12.7. The molecule has 284 valence electrons. The minimum atomic E-state index is -2.34. The highest BCUT2D eigenvalue weighted by molar-refractivity contribution is 8.78. The molecule has 0 bridgehead atoms. The van der Waals surface area contributed by atoms with Crippen molar-refractivity contribution in [3.63, 3.8) is 0 Å². The van der Waals surface area contributed by atoms with Gasteiger partial charge in [0.05, 0.1) is 42.0 Å². The van der Waals surface area contributed by atoms with Gasteiger partial charge < -0.3 is 49.8 Å². The van der Waals surface area contributed by atoms with E-state index in [4.69, 9.17) is 18.9 Å². The van der Waals surface area contributed by atoms with Gasteiger partial charge in [0.2, 0.25) is 5.78 Å². The van der Waals surface area contributed by atoms with Gasteiger partial charge in [0.15, 0.2) is 17.9 Å². The molecule has 53 heavy (non-hydrogen) atoms. The Bertz CT molecular complexity index is 1860. The molecule has 6 N–H and O–H groups in total. The number of nitrogens with zero attached hydrogens (tertiary/aromatic N) is 1. The number of alkyl carbamates (subject to hydrolysis) is 1. The normalized spacial score (nSPS) is 25.3. The number of carbonyl (C=O) groups excluding carboxylic acids is 4. The number of hydrogen-bond donors (Lipinski definition) is 6. The number of rotatable bonds is 13. The van der Waals surface area contributed by atoms with E-state index in [1.165, 1.54) is 53.8 Å². The molecule has 1 fully saturated rings. The molecule has 6 atom stereocenters. The summed E-state index contributed by atoms with van der Waals surface area (Å²) >= 11 is 0. The quantitative estimate of drug-likeness (QED) is 0.0482. The molecule has 0 aromatic heterocycles. The fourth-order valence-corrected chi connectivity index (χ4v) is 8.29. The maximum Gasteiger partial charge on any atom is 0.407 e. The molecule has 5 rings (SSSR count). The Labute approximate surface area is 312 Å².